The van der Waals surface area contributed by atoms with Gasteiger partial charge in [-0.25, -0.2) is 4.98 Å². The van der Waals surface area contributed by atoms with Crippen LogP contribution in [0.5, 0.6) is 5.75 Å². The monoisotopic (exact) mass is 892 g/mol. The molecule has 2 aromatic carbocycles. The number of likely N-dealkylation sites (tertiary alicyclic amines) is 1. The lowest BCUT2D eigenvalue weighted by Crippen LogP contribution is -2.75. The number of ether oxygens (including phenoxy) is 2. The summed E-state index contributed by atoms with van der Waals surface area (Å²) in [6, 6.07) is 13.2. The highest BCUT2D eigenvalue weighted by Crippen LogP contribution is 2.46. The SMILES string of the molecule is CNC(=O)COc1cc2cc(Nc3nc(N4CCC(OC5CC(N6CC7(CN(c8ccc9c(c8)CN(C8CCC(=O)NC8=O)C9=O)C7)C6)C5)CC4)ncc3Cl)ccc2n(C(C)C)c1=O. The van der Waals surface area contributed by atoms with Crippen LogP contribution in [0.4, 0.5) is 23.1 Å². The van der Waals surface area contributed by atoms with Crippen molar-refractivity contribution in [2.75, 3.05) is 68.0 Å². The van der Waals surface area contributed by atoms with Crippen LogP contribution in [0.15, 0.2) is 53.5 Å². The van der Waals surface area contributed by atoms with Gasteiger partial charge in [-0.2, -0.15) is 4.98 Å². The van der Waals surface area contributed by atoms with Gasteiger partial charge in [0.1, 0.15) is 11.1 Å². The highest BCUT2D eigenvalue weighted by molar-refractivity contribution is 6.33. The molecule has 1 spiro atoms. The topological polar surface area (TPSA) is 184 Å². The number of hydrogen-bond donors (Lipinski definition) is 3. The summed E-state index contributed by atoms with van der Waals surface area (Å²) < 4.78 is 13.9. The van der Waals surface area contributed by atoms with Crippen LogP contribution in [0.2, 0.25) is 5.02 Å². The molecule has 7 heterocycles. The van der Waals surface area contributed by atoms with Gasteiger partial charge in [-0.05, 0) is 94.0 Å². The first-order valence-corrected chi connectivity index (χ1v) is 22.7. The van der Waals surface area contributed by atoms with Gasteiger partial charge in [-0.15, -0.1) is 0 Å². The highest BCUT2D eigenvalue weighted by atomic mass is 35.5. The number of benzene rings is 2. The Morgan fingerprint density at radius 1 is 0.969 bits per heavy atom. The summed E-state index contributed by atoms with van der Waals surface area (Å²) >= 11 is 6.60. The molecule has 0 radical (unpaired) electrons. The maximum absolute atomic E-state index is 13.2. The number of imide groups is 1. The molecule has 10 rings (SSSR count). The van der Waals surface area contributed by atoms with Crippen molar-refractivity contribution in [2.24, 2.45) is 5.41 Å². The van der Waals surface area contributed by atoms with Gasteiger partial charge in [0.2, 0.25) is 17.8 Å². The average molecular weight is 893 g/mol. The Kier molecular flexibility index (Phi) is 11.0. The van der Waals surface area contributed by atoms with Crippen LogP contribution < -0.4 is 36.0 Å². The van der Waals surface area contributed by atoms with Crippen molar-refractivity contribution < 1.29 is 28.7 Å². The van der Waals surface area contributed by atoms with E-state index in [2.05, 4.69) is 41.7 Å². The molecule has 17 nitrogen and oxygen atoms in total. The molecule has 1 aliphatic carbocycles. The van der Waals surface area contributed by atoms with Crippen molar-refractivity contribution >= 4 is 69.3 Å². The molecule has 1 saturated carbocycles. The Bertz CT molecular complexity index is 2590. The minimum atomic E-state index is -0.602. The lowest BCUT2D eigenvalue weighted by atomic mass is 9.70. The van der Waals surface area contributed by atoms with E-state index in [1.807, 2.05) is 44.2 Å². The molecule has 5 aliphatic heterocycles. The van der Waals surface area contributed by atoms with Gasteiger partial charge in [0.25, 0.3) is 17.4 Å². The standard InChI is InChI=1S/C46H53ClN10O7/c1-26(2)57-36-7-4-29(14-27(36)16-38(44(57)62)63-21-40(59)48-3)50-41-35(47)19-49-45(52-41)53-12-10-32(11-13-53)64-33-17-31(18-33)55-24-46(25-55)22-54(23-46)30-5-6-34-28(15-30)20-56(43(34)61)37-8-9-39(58)51-42(37)60/h4-7,14-16,19,26,31-33,37H,8-13,17-18,20-25H2,1-3H3,(H,48,59)(H,49,50,52)(H,51,58,60). The van der Waals surface area contributed by atoms with Crippen LogP contribution in [-0.2, 0) is 25.7 Å². The number of hydrogen-bond acceptors (Lipinski definition) is 13. The summed E-state index contributed by atoms with van der Waals surface area (Å²) in [7, 11) is 1.52. The lowest BCUT2D eigenvalue weighted by Gasteiger charge is -2.64. The van der Waals surface area contributed by atoms with E-state index in [4.69, 9.17) is 26.1 Å². The van der Waals surface area contributed by atoms with E-state index in [1.54, 1.807) is 21.7 Å². The first kappa shape index (κ1) is 42.2. The number of amides is 4. The third kappa shape index (κ3) is 7.91. The number of halogens is 1. The average Bonchev–Trinajstić information content (AvgIpc) is 3.56. The molecule has 3 N–H and O–H groups in total. The zero-order valence-electron chi connectivity index (χ0n) is 36.3. The maximum atomic E-state index is 13.2. The van der Waals surface area contributed by atoms with E-state index < -0.39 is 6.04 Å². The normalized spacial score (nSPS) is 23.2. The molecular formula is C46H53ClN10O7. The molecule has 6 aliphatic rings. The summed E-state index contributed by atoms with van der Waals surface area (Å²) in [5.41, 5.74) is 4.18. The fourth-order valence-corrected chi connectivity index (χ4v) is 10.5. The Hall–Kier alpha value is -5.78. The number of carbonyl (C=O) groups is 4. The molecule has 4 amide bonds. The molecule has 0 bridgehead atoms. The second-order valence-corrected chi connectivity index (χ2v) is 19.0. The molecular weight excluding hydrogens is 840 g/mol. The fraction of sp³-hybridized carbons (Fsp3) is 0.500. The molecule has 2 aromatic heterocycles. The van der Waals surface area contributed by atoms with Crippen LogP contribution >= 0.6 is 11.6 Å². The number of aromatic nitrogens is 3. The predicted octanol–water partition coefficient (Wildman–Crippen LogP) is 3.99. The second-order valence-electron chi connectivity index (χ2n) is 18.6. The molecule has 5 fully saturated rings. The Labute approximate surface area is 375 Å². The van der Waals surface area contributed by atoms with Crippen molar-refractivity contribution in [2.45, 2.75) is 89.3 Å². The number of carbonyl (C=O) groups excluding carboxylic acids is 4. The third-order valence-electron chi connectivity index (χ3n) is 13.8. The molecule has 4 saturated heterocycles. The van der Waals surface area contributed by atoms with Crippen LogP contribution in [0.1, 0.15) is 74.3 Å². The van der Waals surface area contributed by atoms with Crippen LogP contribution in [0.25, 0.3) is 10.9 Å². The maximum Gasteiger partial charge on any atom is 0.293 e. The van der Waals surface area contributed by atoms with E-state index in [1.165, 1.54) is 7.05 Å². The summed E-state index contributed by atoms with van der Waals surface area (Å²) in [5.74, 6) is 0.0315. The van der Waals surface area contributed by atoms with Crippen molar-refractivity contribution in [3.63, 3.8) is 0 Å². The van der Waals surface area contributed by atoms with Crippen LogP contribution in [0.3, 0.4) is 0 Å². The van der Waals surface area contributed by atoms with Crippen molar-refractivity contribution in [3.05, 3.63) is 75.2 Å². The first-order chi connectivity index (χ1) is 30.8. The molecule has 336 valence electrons. The van der Waals surface area contributed by atoms with Gasteiger partial charge in [0.15, 0.2) is 18.2 Å². The fourth-order valence-electron chi connectivity index (χ4n) is 10.4. The molecule has 18 heteroatoms. The number of nitrogens with zero attached hydrogens (tertiary/aromatic N) is 7. The quantitative estimate of drug-likeness (QED) is 0.174. The van der Waals surface area contributed by atoms with Gasteiger partial charge in [-0.3, -0.25) is 34.2 Å². The minimum Gasteiger partial charge on any atom is -0.478 e. The third-order valence-corrected chi connectivity index (χ3v) is 14.1. The number of fused-ring (bicyclic) bond motifs is 2. The smallest absolute Gasteiger partial charge is 0.293 e. The lowest BCUT2D eigenvalue weighted by molar-refractivity contribution is -0.137. The molecule has 64 heavy (non-hydrogen) atoms. The van der Waals surface area contributed by atoms with Gasteiger partial charge < -0.3 is 39.4 Å². The Morgan fingerprint density at radius 3 is 2.48 bits per heavy atom. The van der Waals surface area contributed by atoms with E-state index in [-0.39, 0.29) is 66.2 Å². The van der Waals surface area contributed by atoms with E-state index in [0.29, 0.717) is 46.8 Å². The number of nitrogens with one attached hydrogen (secondary N) is 3. The van der Waals surface area contributed by atoms with E-state index in [9.17, 15) is 24.0 Å². The molecule has 1 unspecified atom stereocenters. The molecule has 4 aromatic rings. The van der Waals surface area contributed by atoms with Crippen LogP contribution in [-0.4, -0.2) is 125 Å². The van der Waals surface area contributed by atoms with Gasteiger partial charge in [0.05, 0.1) is 23.9 Å². The Morgan fingerprint density at radius 2 is 1.75 bits per heavy atom. The second kappa shape index (κ2) is 16.7. The summed E-state index contributed by atoms with van der Waals surface area (Å²) in [6.07, 6.45) is 6.60. The largest absolute Gasteiger partial charge is 0.478 e. The first-order valence-electron chi connectivity index (χ1n) is 22.3. The number of piperidine rings is 2. The summed E-state index contributed by atoms with van der Waals surface area (Å²) in [5, 5.41) is 9.36. The summed E-state index contributed by atoms with van der Waals surface area (Å²) in [6.45, 7) is 9.72. The van der Waals surface area contributed by atoms with E-state index in [0.717, 1.165) is 92.8 Å². The predicted molar refractivity (Wildman–Crippen MR) is 240 cm³/mol. The number of likely N-dealkylation sites (N-methyl/N-ethyl adjacent to an activating group) is 1. The minimum absolute atomic E-state index is 0.0964. The summed E-state index contributed by atoms with van der Waals surface area (Å²) in [4.78, 5) is 80.5. The van der Waals surface area contributed by atoms with Crippen molar-refractivity contribution in [1.29, 1.82) is 0 Å². The zero-order chi connectivity index (χ0) is 44.4. The number of pyridine rings is 1. The molecule has 1 atom stereocenters. The Balaban J connectivity index is 0.676. The van der Waals surface area contributed by atoms with Crippen LogP contribution in [0, 0.1) is 5.41 Å². The highest BCUT2D eigenvalue weighted by Gasteiger charge is 2.55. The van der Waals surface area contributed by atoms with Crippen molar-refractivity contribution in [3.8, 4) is 5.75 Å². The zero-order valence-corrected chi connectivity index (χ0v) is 37.0. The van der Waals surface area contributed by atoms with Gasteiger partial charge in [0, 0.05) is 99.1 Å². The number of anilines is 4. The van der Waals surface area contributed by atoms with Crippen molar-refractivity contribution in [1.82, 2.24) is 35.0 Å². The number of rotatable bonds is 12. The van der Waals surface area contributed by atoms with Gasteiger partial charge >= 0.3 is 0 Å². The van der Waals surface area contributed by atoms with E-state index >= 15 is 0 Å². The van der Waals surface area contributed by atoms with Gasteiger partial charge in [-0.1, -0.05) is 11.6 Å².